The van der Waals surface area contributed by atoms with E-state index in [-0.39, 0.29) is 23.0 Å². The molecule has 0 unspecified atom stereocenters. The van der Waals surface area contributed by atoms with Crippen LogP contribution in [0.25, 0.3) is 10.6 Å². The lowest BCUT2D eigenvalue weighted by Crippen LogP contribution is -2.60. The van der Waals surface area contributed by atoms with Crippen molar-refractivity contribution in [3.63, 3.8) is 0 Å². The van der Waals surface area contributed by atoms with Crippen LogP contribution in [-0.4, -0.2) is 46.1 Å². The van der Waals surface area contributed by atoms with Gasteiger partial charge in [0.2, 0.25) is 5.95 Å². The highest BCUT2D eigenvalue weighted by Gasteiger charge is 2.37. The molecule has 0 spiro atoms. The lowest BCUT2D eigenvalue weighted by molar-refractivity contribution is -0.136. The molecule has 3 heterocycles. The first-order valence-electron chi connectivity index (χ1n) is 13.0. The van der Waals surface area contributed by atoms with Gasteiger partial charge in [0.05, 0.1) is 28.1 Å². The van der Waals surface area contributed by atoms with Crippen molar-refractivity contribution in [2.45, 2.75) is 76.9 Å². The van der Waals surface area contributed by atoms with E-state index < -0.39 is 5.97 Å². The molecule has 0 bridgehead atoms. The van der Waals surface area contributed by atoms with Gasteiger partial charge in [-0.05, 0) is 71.6 Å². The molecule has 2 aromatic heterocycles. The fraction of sp³-hybridized carbons (Fsp3) is 0.448. The second kappa shape index (κ2) is 11.6. The minimum Gasteiger partial charge on any atom is -0.466 e. The van der Waals surface area contributed by atoms with E-state index in [1.165, 1.54) is 24.6 Å². The number of carbonyl (C=O) groups excluding carboxylic acids is 2. The number of nitrogens with one attached hydrogen (secondary N) is 3. The summed E-state index contributed by atoms with van der Waals surface area (Å²) in [6.45, 7) is 8.86. The van der Waals surface area contributed by atoms with Crippen LogP contribution in [-0.2, 0) is 9.53 Å². The third kappa shape index (κ3) is 7.39. The van der Waals surface area contributed by atoms with Gasteiger partial charge in [-0.1, -0.05) is 23.8 Å². The summed E-state index contributed by atoms with van der Waals surface area (Å²) < 4.78 is 4.92. The number of anilines is 1. The maximum Gasteiger partial charge on any atom is 0.335 e. The lowest BCUT2D eigenvalue weighted by atomic mass is 9.80. The van der Waals surface area contributed by atoms with Crippen molar-refractivity contribution in [1.29, 1.82) is 0 Å². The Morgan fingerprint density at radius 3 is 2.63 bits per heavy atom. The predicted octanol–water partition coefficient (Wildman–Crippen LogP) is 5.38. The van der Waals surface area contributed by atoms with Crippen LogP contribution in [0, 0.1) is 0 Å². The van der Waals surface area contributed by atoms with E-state index in [4.69, 9.17) is 9.72 Å². The summed E-state index contributed by atoms with van der Waals surface area (Å²) in [6.07, 6.45) is 13.5. The van der Waals surface area contributed by atoms with Crippen molar-refractivity contribution >= 4 is 29.2 Å². The van der Waals surface area contributed by atoms with E-state index in [0.29, 0.717) is 22.8 Å². The van der Waals surface area contributed by atoms with Crippen LogP contribution in [0.1, 0.15) is 69.5 Å². The number of esters is 1. The van der Waals surface area contributed by atoms with E-state index in [1.807, 2.05) is 24.3 Å². The fourth-order valence-corrected chi connectivity index (χ4v) is 6.23. The van der Waals surface area contributed by atoms with E-state index in [2.05, 4.69) is 54.7 Å². The first-order valence-corrected chi connectivity index (χ1v) is 13.8. The Morgan fingerprint density at radius 1 is 1.18 bits per heavy atom. The Labute approximate surface area is 228 Å². The lowest BCUT2D eigenvalue weighted by Gasteiger charge is -2.46. The molecule has 2 aliphatic rings. The summed E-state index contributed by atoms with van der Waals surface area (Å²) in [6, 6.07) is 5.74. The van der Waals surface area contributed by atoms with Gasteiger partial charge in [-0.15, -0.1) is 11.3 Å². The Morgan fingerprint density at radius 2 is 1.95 bits per heavy atom. The number of methoxy groups -OCH3 is 1. The molecule has 3 N–H and O–H groups in total. The molecule has 1 aliphatic carbocycles. The summed E-state index contributed by atoms with van der Waals surface area (Å²) in [5, 5.41) is 9.97. The highest BCUT2D eigenvalue weighted by molar-refractivity contribution is 7.17. The molecule has 1 fully saturated rings. The van der Waals surface area contributed by atoms with E-state index >= 15 is 0 Å². The monoisotopic (exact) mass is 535 g/mol. The van der Waals surface area contributed by atoms with Gasteiger partial charge in [-0.25, -0.2) is 14.8 Å². The summed E-state index contributed by atoms with van der Waals surface area (Å²) in [5.41, 5.74) is 2.32. The van der Waals surface area contributed by atoms with Crippen LogP contribution in [0.4, 0.5) is 5.95 Å². The highest BCUT2D eigenvalue weighted by Crippen LogP contribution is 2.31. The van der Waals surface area contributed by atoms with Gasteiger partial charge < -0.3 is 20.7 Å². The number of aromatic nitrogens is 2. The average Bonchev–Trinajstić information content (AvgIpc) is 3.35. The Kier molecular flexibility index (Phi) is 8.47. The van der Waals surface area contributed by atoms with Crippen LogP contribution in [0.3, 0.4) is 0 Å². The molecule has 202 valence electrons. The molecule has 1 amide bonds. The van der Waals surface area contributed by atoms with Crippen molar-refractivity contribution in [2.75, 3.05) is 12.4 Å². The van der Waals surface area contributed by atoms with Crippen molar-refractivity contribution in [1.82, 2.24) is 20.6 Å². The number of piperidine rings is 1. The normalized spacial score (nSPS) is 19.0. The molecule has 1 aliphatic heterocycles. The quantitative estimate of drug-likeness (QED) is 0.308. The molecule has 38 heavy (non-hydrogen) atoms. The predicted molar refractivity (Wildman–Crippen MR) is 152 cm³/mol. The maximum atomic E-state index is 12.9. The minimum absolute atomic E-state index is 0.0135. The van der Waals surface area contributed by atoms with Crippen molar-refractivity contribution in [3.8, 4) is 10.6 Å². The molecule has 0 radical (unpaired) electrons. The second-order valence-electron chi connectivity index (χ2n) is 11.2. The third-order valence-electron chi connectivity index (χ3n) is 6.60. The Bertz CT molecular complexity index is 1260. The molecule has 4 rings (SSSR count). The number of nitrogens with zero attached hydrogens (tertiary/aromatic N) is 2. The van der Waals surface area contributed by atoms with Crippen molar-refractivity contribution in [3.05, 3.63) is 64.8 Å². The van der Waals surface area contributed by atoms with Crippen molar-refractivity contribution < 1.29 is 14.3 Å². The number of ether oxygens (including phenoxy) is 1. The van der Waals surface area contributed by atoms with Crippen LogP contribution in [0.2, 0.25) is 0 Å². The highest BCUT2D eigenvalue weighted by atomic mass is 32.1. The zero-order valence-corrected chi connectivity index (χ0v) is 23.6. The number of carbonyl (C=O) groups is 2. The smallest absolute Gasteiger partial charge is 0.335 e. The number of thiophene rings is 1. The number of hydrogen-bond donors (Lipinski definition) is 3. The Hall–Kier alpha value is -3.30. The topological polar surface area (TPSA) is 105 Å². The number of rotatable bonds is 8. The van der Waals surface area contributed by atoms with Gasteiger partial charge in [0, 0.05) is 35.9 Å². The second-order valence-corrected chi connectivity index (χ2v) is 12.3. The van der Waals surface area contributed by atoms with E-state index in [0.717, 1.165) is 41.8 Å². The molecule has 8 nitrogen and oxygen atoms in total. The minimum atomic E-state index is -0.450. The van der Waals surface area contributed by atoms with Gasteiger partial charge in [-0.2, -0.15) is 0 Å². The number of allylic oxidation sites excluding steroid dienone is 4. The number of hydrogen-bond acceptors (Lipinski definition) is 8. The van der Waals surface area contributed by atoms with E-state index in [1.54, 1.807) is 12.3 Å². The van der Waals surface area contributed by atoms with Crippen molar-refractivity contribution in [2.24, 2.45) is 0 Å². The molecule has 1 saturated heterocycles. The molecule has 0 aromatic carbocycles. The molecule has 2 aromatic rings. The zero-order valence-electron chi connectivity index (χ0n) is 22.8. The first kappa shape index (κ1) is 27.7. The van der Waals surface area contributed by atoms with E-state index in [9.17, 15) is 9.59 Å². The summed E-state index contributed by atoms with van der Waals surface area (Å²) >= 11 is 1.34. The third-order valence-corrected chi connectivity index (χ3v) is 7.71. The number of amides is 1. The van der Waals surface area contributed by atoms with Crippen LogP contribution in [0.15, 0.2) is 60.0 Å². The maximum absolute atomic E-state index is 12.9. The van der Waals surface area contributed by atoms with Gasteiger partial charge >= 0.3 is 5.97 Å². The SMILES string of the molecule is COC(=O)/C(=C/NC(=O)c1ccc(-c2ccnc(NC3CC(C)(C)NC(C)(C)C3)n2)s1)CC1=CC=CCC1. The molecule has 0 atom stereocenters. The van der Waals surface area contributed by atoms with Gasteiger partial charge in [0.25, 0.3) is 5.91 Å². The van der Waals surface area contributed by atoms with Gasteiger partial charge in [-0.3, -0.25) is 4.79 Å². The molecule has 0 saturated carbocycles. The summed E-state index contributed by atoms with van der Waals surface area (Å²) in [4.78, 5) is 35.7. The fourth-order valence-electron chi connectivity index (χ4n) is 5.35. The van der Waals surface area contributed by atoms with Gasteiger partial charge in [0.15, 0.2) is 0 Å². The largest absolute Gasteiger partial charge is 0.466 e. The molecule has 9 heteroatoms. The summed E-state index contributed by atoms with van der Waals surface area (Å²) in [7, 11) is 1.34. The zero-order chi connectivity index (χ0) is 27.3. The average molecular weight is 536 g/mol. The van der Waals surface area contributed by atoms with Crippen LogP contribution in [0.5, 0.6) is 0 Å². The van der Waals surface area contributed by atoms with Crippen LogP contribution >= 0.6 is 11.3 Å². The summed E-state index contributed by atoms with van der Waals surface area (Å²) in [5.74, 6) is -0.154. The standard InChI is InChI=1S/C29H37N5O3S/c1-28(2)16-21(17-29(3,4)34-28)32-27-30-14-13-22(33-27)23-11-12-24(38-23)25(35)31-18-20(26(36)37-5)15-19-9-7-6-8-10-19/h6-7,9,11-14,18,21,34H,8,10,15-17H2,1-5H3,(H,31,35)(H,30,32,33)/b20-18+. The first-order chi connectivity index (χ1) is 18.0. The van der Waals surface area contributed by atoms with Crippen LogP contribution < -0.4 is 16.0 Å². The van der Waals surface area contributed by atoms with Gasteiger partial charge in [0.1, 0.15) is 0 Å². The molecular formula is C29H37N5O3S. The Balaban J connectivity index is 1.43. The molecular weight excluding hydrogens is 498 g/mol.